The highest BCUT2D eigenvalue weighted by molar-refractivity contribution is 7.04. The molecule has 0 amide bonds. The lowest BCUT2D eigenvalue weighted by Crippen LogP contribution is -2.00. The summed E-state index contributed by atoms with van der Waals surface area (Å²) in [5.74, 6) is -0.639. The van der Waals surface area contributed by atoms with Gasteiger partial charge in [-0.3, -0.25) is 4.98 Å². The first-order valence-electron chi connectivity index (χ1n) is 4.54. The number of anilines is 2. The van der Waals surface area contributed by atoms with E-state index < -0.39 is 5.97 Å². The molecule has 2 N–H and O–H groups in total. The molecule has 6 heteroatoms. The highest BCUT2D eigenvalue weighted by Crippen LogP contribution is 2.20. The minimum atomic E-state index is -0.990. The third kappa shape index (κ3) is 2.17. The summed E-state index contributed by atoms with van der Waals surface area (Å²) in [7, 11) is 0. The minimum Gasteiger partial charge on any atom is -0.478 e. The Morgan fingerprint density at radius 2 is 2.31 bits per heavy atom. The summed E-state index contributed by atoms with van der Waals surface area (Å²) < 4.78 is 3.98. The van der Waals surface area contributed by atoms with Crippen molar-refractivity contribution in [2.75, 3.05) is 5.32 Å². The summed E-state index contributed by atoms with van der Waals surface area (Å²) in [6.45, 7) is 1.88. The number of hydrogen-bond donors (Lipinski definition) is 2. The van der Waals surface area contributed by atoms with Gasteiger partial charge in [0, 0.05) is 11.1 Å². The number of nitrogens with zero attached hydrogens (tertiary/aromatic N) is 2. The van der Waals surface area contributed by atoms with Crippen LogP contribution in [0, 0.1) is 6.92 Å². The van der Waals surface area contributed by atoms with Gasteiger partial charge in [-0.25, -0.2) is 4.79 Å². The predicted molar refractivity (Wildman–Crippen MR) is 61.3 cm³/mol. The number of carboxylic acid groups (broad SMARTS) is 1. The number of rotatable bonds is 3. The van der Waals surface area contributed by atoms with Gasteiger partial charge in [0.1, 0.15) is 5.56 Å². The quantitative estimate of drug-likeness (QED) is 0.853. The maximum absolute atomic E-state index is 10.8. The molecular weight excluding hydrogens is 226 g/mol. The van der Waals surface area contributed by atoms with Crippen LogP contribution in [-0.4, -0.2) is 20.4 Å². The molecule has 0 aromatic carbocycles. The SMILES string of the molecule is Cc1ccc(Nc2nscc2C(=O)O)cn1. The first-order valence-corrected chi connectivity index (χ1v) is 5.38. The molecule has 2 rings (SSSR count). The van der Waals surface area contributed by atoms with Crippen molar-refractivity contribution in [2.24, 2.45) is 0 Å². The maximum atomic E-state index is 10.8. The van der Waals surface area contributed by atoms with Gasteiger partial charge in [0.2, 0.25) is 0 Å². The van der Waals surface area contributed by atoms with Crippen LogP contribution in [0.2, 0.25) is 0 Å². The van der Waals surface area contributed by atoms with Gasteiger partial charge < -0.3 is 10.4 Å². The normalized spacial score (nSPS) is 10.1. The molecule has 0 unspecified atom stereocenters. The molecule has 0 spiro atoms. The third-order valence-corrected chi connectivity index (χ3v) is 2.60. The molecule has 0 aliphatic rings. The number of pyridine rings is 1. The summed E-state index contributed by atoms with van der Waals surface area (Å²) in [4.78, 5) is 14.9. The van der Waals surface area contributed by atoms with Crippen molar-refractivity contribution in [1.29, 1.82) is 0 Å². The molecule has 0 saturated carbocycles. The summed E-state index contributed by atoms with van der Waals surface area (Å²) in [6, 6.07) is 3.67. The van der Waals surface area contributed by atoms with Crippen molar-refractivity contribution in [2.45, 2.75) is 6.92 Å². The topological polar surface area (TPSA) is 75.1 Å². The van der Waals surface area contributed by atoms with Gasteiger partial charge in [0.15, 0.2) is 5.82 Å². The molecular formula is C10H9N3O2S. The average molecular weight is 235 g/mol. The highest BCUT2D eigenvalue weighted by atomic mass is 32.1. The lowest BCUT2D eigenvalue weighted by Gasteiger charge is -2.03. The zero-order chi connectivity index (χ0) is 11.5. The Morgan fingerprint density at radius 1 is 1.50 bits per heavy atom. The van der Waals surface area contributed by atoms with Crippen molar-refractivity contribution >= 4 is 29.0 Å². The van der Waals surface area contributed by atoms with E-state index in [0.29, 0.717) is 5.82 Å². The van der Waals surface area contributed by atoms with Crippen LogP contribution in [0.3, 0.4) is 0 Å². The number of nitrogens with one attached hydrogen (secondary N) is 1. The zero-order valence-corrected chi connectivity index (χ0v) is 9.28. The van der Waals surface area contributed by atoms with Crippen molar-refractivity contribution in [3.8, 4) is 0 Å². The maximum Gasteiger partial charge on any atom is 0.340 e. The number of aromatic nitrogens is 2. The average Bonchev–Trinajstić information content (AvgIpc) is 2.69. The van der Waals surface area contributed by atoms with Gasteiger partial charge in [-0.2, -0.15) is 4.37 Å². The van der Waals surface area contributed by atoms with Crippen LogP contribution in [0.1, 0.15) is 16.1 Å². The lowest BCUT2D eigenvalue weighted by molar-refractivity contribution is 0.0698. The third-order valence-electron chi connectivity index (χ3n) is 1.97. The lowest BCUT2D eigenvalue weighted by atomic mass is 10.3. The Morgan fingerprint density at radius 3 is 2.94 bits per heavy atom. The van der Waals surface area contributed by atoms with Crippen molar-refractivity contribution in [3.05, 3.63) is 35.0 Å². The Labute approximate surface area is 95.9 Å². The van der Waals surface area contributed by atoms with Crippen molar-refractivity contribution in [1.82, 2.24) is 9.36 Å². The Balaban J connectivity index is 2.23. The van der Waals surface area contributed by atoms with E-state index in [2.05, 4.69) is 14.7 Å². The number of aromatic carboxylic acids is 1. The summed E-state index contributed by atoms with van der Waals surface area (Å²) in [5.41, 5.74) is 1.80. The summed E-state index contributed by atoms with van der Waals surface area (Å²) in [5, 5.41) is 13.3. The number of carbonyl (C=O) groups is 1. The number of hydrogen-bond acceptors (Lipinski definition) is 5. The standard InChI is InChI=1S/C10H9N3O2S/c1-6-2-3-7(4-11-6)12-9-8(10(14)15)5-16-13-9/h2-5H,1H3,(H,12,13)(H,14,15). The first-order chi connectivity index (χ1) is 7.66. The Kier molecular flexibility index (Phi) is 2.82. The van der Waals surface area contributed by atoms with Crippen LogP contribution in [0.4, 0.5) is 11.5 Å². The molecule has 0 saturated heterocycles. The number of aryl methyl sites for hydroxylation is 1. The summed E-state index contributed by atoms with van der Waals surface area (Å²) in [6.07, 6.45) is 1.64. The van der Waals surface area contributed by atoms with E-state index >= 15 is 0 Å². The molecule has 0 bridgehead atoms. The smallest absolute Gasteiger partial charge is 0.340 e. The number of carboxylic acids is 1. The van der Waals surface area contributed by atoms with E-state index in [9.17, 15) is 4.79 Å². The fourth-order valence-electron chi connectivity index (χ4n) is 1.16. The molecule has 0 aliphatic heterocycles. The van der Waals surface area contributed by atoms with Gasteiger partial charge in [-0.05, 0) is 30.6 Å². The van der Waals surface area contributed by atoms with Crippen LogP contribution in [-0.2, 0) is 0 Å². The molecule has 0 aliphatic carbocycles. The molecule has 2 aromatic rings. The van der Waals surface area contributed by atoms with Crippen LogP contribution in [0.15, 0.2) is 23.7 Å². The molecule has 5 nitrogen and oxygen atoms in total. The molecule has 0 fully saturated rings. The van der Waals surface area contributed by atoms with Crippen LogP contribution in [0.5, 0.6) is 0 Å². The molecule has 0 atom stereocenters. The zero-order valence-electron chi connectivity index (χ0n) is 8.47. The van der Waals surface area contributed by atoms with E-state index in [1.54, 1.807) is 6.20 Å². The van der Waals surface area contributed by atoms with Crippen LogP contribution in [0.25, 0.3) is 0 Å². The molecule has 2 aromatic heterocycles. The highest BCUT2D eigenvalue weighted by Gasteiger charge is 2.12. The second-order valence-corrected chi connectivity index (χ2v) is 3.82. The fourth-order valence-corrected chi connectivity index (χ4v) is 1.78. The molecule has 0 radical (unpaired) electrons. The Hall–Kier alpha value is -1.95. The van der Waals surface area contributed by atoms with Crippen molar-refractivity contribution < 1.29 is 9.90 Å². The van der Waals surface area contributed by atoms with Gasteiger partial charge in [0.05, 0.1) is 11.9 Å². The van der Waals surface area contributed by atoms with Crippen LogP contribution < -0.4 is 5.32 Å². The van der Waals surface area contributed by atoms with Gasteiger partial charge in [0.25, 0.3) is 0 Å². The van der Waals surface area contributed by atoms with E-state index in [0.717, 1.165) is 22.9 Å². The Bertz CT molecular complexity index is 507. The van der Waals surface area contributed by atoms with Crippen molar-refractivity contribution in [3.63, 3.8) is 0 Å². The fraction of sp³-hybridized carbons (Fsp3) is 0.100. The van der Waals surface area contributed by atoms with Crippen LogP contribution >= 0.6 is 11.5 Å². The van der Waals surface area contributed by atoms with Gasteiger partial charge in [-0.1, -0.05) is 0 Å². The summed E-state index contributed by atoms with van der Waals surface area (Å²) >= 11 is 1.10. The predicted octanol–water partition coefficient (Wildman–Crippen LogP) is 2.29. The van der Waals surface area contributed by atoms with Gasteiger partial charge >= 0.3 is 5.97 Å². The minimum absolute atomic E-state index is 0.172. The molecule has 82 valence electrons. The molecule has 16 heavy (non-hydrogen) atoms. The largest absolute Gasteiger partial charge is 0.478 e. The second-order valence-electron chi connectivity index (χ2n) is 3.20. The van der Waals surface area contributed by atoms with E-state index in [-0.39, 0.29) is 5.56 Å². The van der Waals surface area contributed by atoms with E-state index in [1.807, 2.05) is 19.1 Å². The second kappa shape index (κ2) is 4.28. The van der Waals surface area contributed by atoms with E-state index in [4.69, 9.17) is 5.11 Å². The van der Waals surface area contributed by atoms with Gasteiger partial charge in [-0.15, -0.1) is 0 Å². The molecule has 2 heterocycles. The van der Waals surface area contributed by atoms with E-state index in [1.165, 1.54) is 5.38 Å². The monoisotopic (exact) mass is 235 g/mol. The first kappa shape index (κ1) is 10.6.